The van der Waals surface area contributed by atoms with E-state index in [1.54, 1.807) is 17.4 Å². The monoisotopic (exact) mass is 512 g/mol. The summed E-state index contributed by atoms with van der Waals surface area (Å²) >= 11 is 13.8. The quantitative estimate of drug-likeness (QED) is 0.152. The van der Waals surface area contributed by atoms with Crippen LogP contribution in [0.5, 0.6) is 5.75 Å². The molecule has 0 heterocycles. The van der Waals surface area contributed by atoms with Gasteiger partial charge in [0.15, 0.2) is 5.78 Å². The van der Waals surface area contributed by atoms with Gasteiger partial charge in [-0.05, 0) is 80.3 Å². The maximum absolute atomic E-state index is 13.6. The molecule has 0 N–H and O–H groups in total. The van der Waals surface area contributed by atoms with Crippen molar-refractivity contribution in [3.63, 3.8) is 0 Å². The van der Waals surface area contributed by atoms with Gasteiger partial charge in [0.05, 0.1) is 17.2 Å². The van der Waals surface area contributed by atoms with Crippen molar-refractivity contribution >= 4 is 46.3 Å². The van der Waals surface area contributed by atoms with Crippen molar-refractivity contribution in [2.45, 2.75) is 72.0 Å². The molecular weight excluding hydrogens is 479 g/mol. The molecule has 0 saturated heterocycles. The summed E-state index contributed by atoms with van der Waals surface area (Å²) in [5.41, 5.74) is 0.402. The van der Waals surface area contributed by atoms with Crippen molar-refractivity contribution in [3.8, 4) is 5.75 Å². The molecule has 0 spiro atoms. The maximum atomic E-state index is 13.6. The fourth-order valence-corrected chi connectivity index (χ4v) is 9.47. The molecule has 0 bridgehead atoms. The first kappa shape index (κ1) is 27.4. The number of hydrogen-bond acceptors (Lipinski definition) is 5. The van der Waals surface area contributed by atoms with E-state index < -0.39 is 5.69 Å². The van der Waals surface area contributed by atoms with Gasteiger partial charge in [0.2, 0.25) is 0 Å². The van der Waals surface area contributed by atoms with E-state index in [0.717, 1.165) is 43.2 Å². The summed E-state index contributed by atoms with van der Waals surface area (Å²) in [7, 11) is 0. The van der Waals surface area contributed by atoms with E-state index in [4.69, 9.17) is 32.5 Å². The SMILES string of the molecule is CCCCCc1ccc(OP(=S)(OCC)SC(C)CC)c(C(=O)c2ccc(C)cc2Cl)c1. The number of aryl methyl sites for hydroxylation is 2. The molecule has 7 heteroatoms. The number of rotatable bonds is 13. The predicted octanol–water partition coefficient (Wildman–Crippen LogP) is 8.78. The third kappa shape index (κ3) is 7.88. The molecule has 0 aliphatic rings. The maximum Gasteiger partial charge on any atom is 0.297 e. The minimum Gasteiger partial charge on any atom is -0.435 e. The standard InChI is InChI=1S/C25H34ClO3PS2/c1-6-9-10-11-20-13-15-24(29-30(31,28-8-3)32-19(5)7-2)22(17-20)25(27)21-14-12-18(4)16-23(21)26/h12-17,19H,6-11H2,1-5H3. The van der Waals surface area contributed by atoms with Crippen LogP contribution in [-0.4, -0.2) is 17.6 Å². The Morgan fingerprint density at radius 3 is 2.50 bits per heavy atom. The van der Waals surface area contributed by atoms with Gasteiger partial charge in [0.25, 0.3) is 5.69 Å². The number of hydrogen-bond donors (Lipinski definition) is 0. The molecule has 0 fully saturated rings. The molecule has 0 aliphatic heterocycles. The van der Waals surface area contributed by atoms with Gasteiger partial charge in [-0.2, -0.15) is 0 Å². The Morgan fingerprint density at radius 2 is 1.88 bits per heavy atom. The van der Waals surface area contributed by atoms with Crippen LogP contribution >= 0.6 is 28.7 Å². The summed E-state index contributed by atoms with van der Waals surface area (Å²) < 4.78 is 12.3. The summed E-state index contributed by atoms with van der Waals surface area (Å²) in [4.78, 5) is 13.6. The van der Waals surface area contributed by atoms with Crippen molar-refractivity contribution in [1.29, 1.82) is 0 Å². The highest BCUT2D eigenvalue weighted by atomic mass is 35.5. The zero-order chi connectivity index (χ0) is 23.7. The van der Waals surface area contributed by atoms with Crippen LogP contribution in [0.25, 0.3) is 0 Å². The Labute approximate surface area is 207 Å². The van der Waals surface area contributed by atoms with Gasteiger partial charge in [0, 0.05) is 10.8 Å². The highest BCUT2D eigenvalue weighted by molar-refractivity contribution is 8.68. The second-order valence-corrected chi connectivity index (χ2v) is 14.8. The van der Waals surface area contributed by atoms with E-state index in [1.807, 2.05) is 44.2 Å². The fraction of sp³-hybridized carbons (Fsp3) is 0.480. The molecular formula is C25H34ClO3PS2. The lowest BCUT2D eigenvalue weighted by Gasteiger charge is -2.25. The molecule has 3 nitrogen and oxygen atoms in total. The number of unbranched alkanes of at least 4 members (excludes halogenated alkanes) is 2. The van der Waals surface area contributed by atoms with Crippen LogP contribution in [0.15, 0.2) is 36.4 Å². The molecule has 32 heavy (non-hydrogen) atoms. The van der Waals surface area contributed by atoms with Crippen molar-refractivity contribution < 1.29 is 13.8 Å². The first-order chi connectivity index (χ1) is 15.2. The van der Waals surface area contributed by atoms with Crippen molar-refractivity contribution in [2.24, 2.45) is 0 Å². The third-order valence-electron chi connectivity index (χ3n) is 5.11. The molecule has 2 unspecified atom stereocenters. The minimum atomic E-state index is -2.67. The highest BCUT2D eigenvalue weighted by Gasteiger charge is 2.27. The lowest BCUT2D eigenvalue weighted by atomic mass is 9.97. The summed E-state index contributed by atoms with van der Waals surface area (Å²) in [6, 6.07) is 11.3. The largest absolute Gasteiger partial charge is 0.435 e. The number of halogens is 1. The highest BCUT2D eigenvalue weighted by Crippen LogP contribution is 2.62. The Morgan fingerprint density at radius 1 is 1.12 bits per heavy atom. The average Bonchev–Trinajstić information content (AvgIpc) is 2.74. The van der Waals surface area contributed by atoms with E-state index in [-0.39, 0.29) is 5.78 Å². The van der Waals surface area contributed by atoms with Gasteiger partial charge in [-0.1, -0.05) is 68.7 Å². The van der Waals surface area contributed by atoms with Gasteiger partial charge in [-0.25, -0.2) is 0 Å². The normalized spacial score (nSPS) is 14.1. The molecule has 2 aromatic rings. The molecule has 0 aliphatic carbocycles. The first-order valence-electron chi connectivity index (χ1n) is 11.3. The Balaban J connectivity index is 2.48. The molecule has 176 valence electrons. The average molecular weight is 513 g/mol. The Hall–Kier alpha value is -0.840. The summed E-state index contributed by atoms with van der Waals surface area (Å²) in [5.74, 6) is 0.312. The zero-order valence-corrected chi connectivity index (χ0v) is 22.9. The fourth-order valence-electron chi connectivity index (χ4n) is 3.17. The van der Waals surface area contributed by atoms with Crippen molar-refractivity contribution in [2.75, 3.05) is 6.61 Å². The number of ketones is 1. The van der Waals surface area contributed by atoms with Gasteiger partial charge >= 0.3 is 0 Å². The Kier molecular flexibility index (Phi) is 11.3. The van der Waals surface area contributed by atoms with E-state index in [0.29, 0.717) is 33.8 Å². The van der Waals surface area contributed by atoms with E-state index >= 15 is 0 Å². The summed E-state index contributed by atoms with van der Waals surface area (Å²) in [5, 5.41) is 0.738. The Bertz CT molecular complexity index is 964. The van der Waals surface area contributed by atoms with Crippen LogP contribution < -0.4 is 4.52 Å². The molecule has 0 radical (unpaired) electrons. The molecule has 0 amide bonds. The van der Waals surface area contributed by atoms with Crippen LogP contribution in [0.2, 0.25) is 5.02 Å². The zero-order valence-electron chi connectivity index (χ0n) is 19.7. The smallest absolute Gasteiger partial charge is 0.297 e. The number of carbonyl (C=O) groups excluding carboxylic acids is 1. The third-order valence-corrected chi connectivity index (χ3v) is 11.1. The second-order valence-electron chi connectivity index (χ2n) is 7.88. The molecule has 2 aromatic carbocycles. The summed E-state index contributed by atoms with van der Waals surface area (Å²) in [6.07, 6.45) is 5.26. The van der Waals surface area contributed by atoms with Gasteiger partial charge in [-0.15, -0.1) is 0 Å². The van der Waals surface area contributed by atoms with E-state index in [9.17, 15) is 4.79 Å². The minimum absolute atomic E-state index is 0.158. The number of carbonyl (C=O) groups is 1. The first-order valence-corrected chi connectivity index (χ1v) is 15.8. The van der Waals surface area contributed by atoms with Crippen molar-refractivity contribution in [1.82, 2.24) is 0 Å². The van der Waals surface area contributed by atoms with Crippen LogP contribution in [0.3, 0.4) is 0 Å². The topological polar surface area (TPSA) is 35.5 Å². The summed E-state index contributed by atoms with van der Waals surface area (Å²) in [6.45, 7) is 10.7. The molecule has 0 aromatic heterocycles. The second kappa shape index (κ2) is 13.2. The van der Waals surface area contributed by atoms with Gasteiger partial charge < -0.3 is 9.05 Å². The molecule has 2 rings (SSSR count). The lowest BCUT2D eigenvalue weighted by molar-refractivity contribution is 0.103. The van der Waals surface area contributed by atoms with Crippen LogP contribution in [-0.2, 0) is 22.8 Å². The van der Waals surface area contributed by atoms with Gasteiger partial charge in [-0.3, -0.25) is 4.79 Å². The van der Waals surface area contributed by atoms with Crippen LogP contribution in [0.4, 0.5) is 0 Å². The van der Waals surface area contributed by atoms with E-state index in [2.05, 4.69) is 20.8 Å². The van der Waals surface area contributed by atoms with Crippen molar-refractivity contribution in [3.05, 3.63) is 63.7 Å². The van der Waals surface area contributed by atoms with Gasteiger partial charge in [0.1, 0.15) is 5.75 Å². The lowest BCUT2D eigenvalue weighted by Crippen LogP contribution is -2.08. The number of benzene rings is 2. The molecule has 2 atom stereocenters. The predicted molar refractivity (Wildman–Crippen MR) is 143 cm³/mol. The van der Waals surface area contributed by atoms with Crippen LogP contribution in [0, 0.1) is 6.92 Å². The van der Waals surface area contributed by atoms with E-state index in [1.165, 1.54) is 0 Å². The van der Waals surface area contributed by atoms with Crippen LogP contribution in [0.1, 0.15) is 80.4 Å². The molecule has 0 saturated carbocycles.